The molecule has 0 amide bonds. The van der Waals surface area contributed by atoms with E-state index in [2.05, 4.69) is 200 Å². The summed E-state index contributed by atoms with van der Waals surface area (Å²) >= 11 is 0. The summed E-state index contributed by atoms with van der Waals surface area (Å²) in [6.07, 6.45) is 5.58. The van der Waals surface area contributed by atoms with E-state index < -0.39 is 0 Å². The molecular weight excluding hydrogens is 695 g/mol. The summed E-state index contributed by atoms with van der Waals surface area (Å²) in [7, 11) is 0. The molecule has 1 aromatic heterocycles. The normalized spacial score (nSPS) is 14.6. The molecule has 4 nitrogen and oxygen atoms in total. The van der Waals surface area contributed by atoms with Crippen LogP contribution in [-0.2, 0) is 5.41 Å². The van der Waals surface area contributed by atoms with Gasteiger partial charge in [0.25, 0.3) is 6.71 Å². The van der Waals surface area contributed by atoms with Crippen molar-refractivity contribution in [1.29, 1.82) is 0 Å². The fraction of sp³-hybridized carbons (Fsp3) is 0.115. The number of anilines is 2. The van der Waals surface area contributed by atoms with Gasteiger partial charge in [-0.1, -0.05) is 136 Å². The molecule has 1 aliphatic carbocycles. The Hall–Kier alpha value is -6.72. The highest BCUT2D eigenvalue weighted by Gasteiger charge is 2.47. The lowest BCUT2D eigenvalue weighted by Gasteiger charge is -2.36. The Kier molecular flexibility index (Phi) is 7.62. The highest BCUT2D eigenvalue weighted by Crippen LogP contribution is 2.54. The number of hydrogen-bond donors (Lipinski definition) is 0. The number of aromatic nitrogens is 1. The highest BCUT2D eigenvalue weighted by molar-refractivity contribution is 6.98. The fourth-order valence-electron chi connectivity index (χ4n) is 9.97. The first-order valence-corrected chi connectivity index (χ1v) is 20.1. The molecule has 2 aliphatic heterocycles. The molecule has 11 rings (SSSR count). The average molecular weight is 737 g/mol. The van der Waals surface area contributed by atoms with E-state index in [1.165, 1.54) is 49.5 Å². The molecule has 3 aliphatic rings. The SMILES string of the molecule is CCC1=C(/C=C\CN(c2ccccc2)c2ccccc2)c2cc3c4c(c2C1(C)C)Oc1cc2c(cc1B4c1ccccc1O3)c1ccccc1n2-c1ccccc1. The molecule has 57 heavy (non-hydrogen) atoms. The maximum atomic E-state index is 7.36. The maximum Gasteiger partial charge on any atom is 0.260 e. The van der Waals surface area contributed by atoms with Gasteiger partial charge >= 0.3 is 0 Å². The zero-order chi connectivity index (χ0) is 38.3. The van der Waals surface area contributed by atoms with Crippen molar-refractivity contribution in [2.24, 2.45) is 0 Å². The molecule has 0 saturated heterocycles. The van der Waals surface area contributed by atoms with Crippen LogP contribution in [0.1, 0.15) is 38.3 Å². The summed E-state index contributed by atoms with van der Waals surface area (Å²) in [4.78, 5) is 2.36. The molecule has 0 fully saturated rings. The third-order valence-corrected chi connectivity index (χ3v) is 12.4. The summed E-state index contributed by atoms with van der Waals surface area (Å²) in [5, 5.41) is 2.45. The number of ether oxygens (including phenoxy) is 2. The third kappa shape index (κ3) is 5.08. The molecule has 0 N–H and O–H groups in total. The lowest BCUT2D eigenvalue weighted by molar-refractivity contribution is 0.450. The number of allylic oxidation sites excluding steroid dienone is 3. The summed E-state index contributed by atoms with van der Waals surface area (Å²) in [5.74, 6) is 3.61. The predicted molar refractivity (Wildman–Crippen MR) is 238 cm³/mol. The smallest absolute Gasteiger partial charge is 0.260 e. The van der Waals surface area contributed by atoms with E-state index in [1.54, 1.807) is 0 Å². The maximum absolute atomic E-state index is 7.36. The van der Waals surface area contributed by atoms with Crippen molar-refractivity contribution in [2.75, 3.05) is 11.4 Å². The molecule has 5 heteroatoms. The Balaban J connectivity index is 1.09. The van der Waals surface area contributed by atoms with E-state index >= 15 is 0 Å². The molecule has 0 atom stereocenters. The second-order valence-corrected chi connectivity index (χ2v) is 15.9. The number of para-hydroxylation sites is 5. The molecule has 8 aromatic rings. The Labute approximate surface area is 334 Å². The average Bonchev–Trinajstić information content (AvgIpc) is 3.68. The minimum absolute atomic E-state index is 0.0389. The van der Waals surface area contributed by atoms with Gasteiger partial charge in [-0.25, -0.2) is 0 Å². The van der Waals surface area contributed by atoms with E-state index in [-0.39, 0.29) is 12.1 Å². The van der Waals surface area contributed by atoms with Crippen LogP contribution in [0, 0.1) is 0 Å². The molecule has 0 spiro atoms. The molecule has 0 radical (unpaired) electrons. The van der Waals surface area contributed by atoms with Crippen LogP contribution in [0.5, 0.6) is 23.0 Å². The van der Waals surface area contributed by atoms with Crippen molar-refractivity contribution < 1.29 is 9.47 Å². The van der Waals surface area contributed by atoms with Crippen LogP contribution in [0.25, 0.3) is 33.1 Å². The quantitative estimate of drug-likeness (QED) is 0.152. The lowest BCUT2D eigenvalue weighted by Crippen LogP contribution is -2.57. The van der Waals surface area contributed by atoms with Gasteiger partial charge in [-0.15, -0.1) is 0 Å². The van der Waals surface area contributed by atoms with Crippen LogP contribution in [0.4, 0.5) is 11.4 Å². The van der Waals surface area contributed by atoms with Crippen LogP contribution in [0.2, 0.25) is 0 Å². The van der Waals surface area contributed by atoms with Crippen molar-refractivity contribution in [3.8, 4) is 28.7 Å². The van der Waals surface area contributed by atoms with Crippen LogP contribution >= 0.6 is 0 Å². The standard InChI is InChI=1S/C52H41BN2O2/c1-4-41-37(26-18-30-54(34-19-8-5-9-20-34)35-21-10-6-11-22-35)40-32-48-50-51(49(40)52(41,2)3)57-47-33-45-39(31-43(47)53(50)42-27-15-17-29-46(42)56-48)38-25-14-16-28-44(38)55(45)36-23-12-7-13-24-36/h5-29,31-33H,4,30H2,1-3H3/b26-18-. The minimum atomic E-state index is -0.269. The molecule has 0 bridgehead atoms. The first kappa shape index (κ1) is 33.6. The van der Waals surface area contributed by atoms with Gasteiger partial charge in [0.15, 0.2) is 0 Å². The number of rotatable bonds is 7. The van der Waals surface area contributed by atoms with Crippen LogP contribution < -0.4 is 30.8 Å². The van der Waals surface area contributed by atoms with E-state index in [0.717, 1.165) is 64.0 Å². The van der Waals surface area contributed by atoms with Crippen LogP contribution in [0.3, 0.4) is 0 Å². The van der Waals surface area contributed by atoms with Gasteiger partial charge in [0.05, 0.1) is 11.0 Å². The van der Waals surface area contributed by atoms with Gasteiger partial charge in [-0.05, 0) is 83.1 Å². The molecular formula is C52H41BN2O2. The number of fused-ring (bicyclic) bond motifs is 9. The number of nitrogens with zero attached hydrogens (tertiary/aromatic N) is 2. The number of hydrogen-bond acceptors (Lipinski definition) is 3. The Morgan fingerprint density at radius 3 is 2.04 bits per heavy atom. The number of benzene rings is 7. The van der Waals surface area contributed by atoms with Crippen LogP contribution in [0.15, 0.2) is 175 Å². The Bertz CT molecular complexity index is 2910. The lowest BCUT2D eigenvalue weighted by atomic mass is 9.34. The van der Waals surface area contributed by atoms with E-state index in [1.807, 2.05) is 0 Å². The summed E-state index contributed by atoms with van der Waals surface area (Å²) < 4.78 is 16.6. The summed E-state index contributed by atoms with van der Waals surface area (Å²) in [6.45, 7) is 7.71. The monoisotopic (exact) mass is 736 g/mol. The molecule has 0 saturated carbocycles. The van der Waals surface area contributed by atoms with E-state index in [4.69, 9.17) is 9.47 Å². The van der Waals surface area contributed by atoms with Gasteiger partial charge < -0.3 is 18.9 Å². The highest BCUT2D eigenvalue weighted by atomic mass is 16.5. The summed E-state index contributed by atoms with van der Waals surface area (Å²) in [5.41, 5.74) is 14.1. The Morgan fingerprint density at radius 1 is 0.632 bits per heavy atom. The van der Waals surface area contributed by atoms with Crippen molar-refractivity contribution >= 4 is 61.9 Å². The van der Waals surface area contributed by atoms with Gasteiger partial charge in [0.2, 0.25) is 0 Å². The predicted octanol–water partition coefficient (Wildman–Crippen LogP) is 11.4. The largest absolute Gasteiger partial charge is 0.458 e. The van der Waals surface area contributed by atoms with Gasteiger partial charge in [-0.2, -0.15) is 0 Å². The zero-order valence-corrected chi connectivity index (χ0v) is 32.4. The first-order valence-electron chi connectivity index (χ1n) is 20.1. The van der Waals surface area contributed by atoms with Crippen molar-refractivity contribution in [2.45, 2.75) is 32.6 Å². The second-order valence-electron chi connectivity index (χ2n) is 15.9. The fourth-order valence-corrected chi connectivity index (χ4v) is 9.97. The molecule has 7 aromatic carbocycles. The van der Waals surface area contributed by atoms with Crippen molar-refractivity contribution in [3.63, 3.8) is 0 Å². The van der Waals surface area contributed by atoms with Gasteiger partial charge in [0, 0.05) is 56.9 Å². The first-order chi connectivity index (χ1) is 28.0. The van der Waals surface area contributed by atoms with Crippen LogP contribution in [-0.4, -0.2) is 17.8 Å². The molecule has 274 valence electrons. The van der Waals surface area contributed by atoms with Crippen molar-refractivity contribution in [1.82, 2.24) is 4.57 Å². The minimum Gasteiger partial charge on any atom is -0.458 e. The molecule has 0 unspecified atom stereocenters. The topological polar surface area (TPSA) is 26.6 Å². The van der Waals surface area contributed by atoms with Crippen molar-refractivity contribution in [3.05, 3.63) is 187 Å². The Morgan fingerprint density at radius 2 is 1.30 bits per heavy atom. The second kappa shape index (κ2) is 12.9. The van der Waals surface area contributed by atoms with Gasteiger partial charge in [-0.3, -0.25) is 0 Å². The molecule has 3 heterocycles. The van der Waals surface area contributed by atoms with Gasteiger partial charge in [0.1, 0.15) is 23.0 Å². The zero-order valence-electron chi connectivity index (χ0n) is 32.4. The van der Waals surface area contributed by atoms with E-state index in [9.17, 15) is 0 Å². The third-order valence-electron chi connectivity index (χ3n) is 12.4. The van der Waals surface area contributed by atoms with E-state index in [0.29, 0.717) is 0 Å². The summed E-state index contributed by atoms with van der Waals surface area (Å²) in [6, 6.07) is 56.2.